The predicted molar refractivity (Wildman–Crippen MR) is 99.2 cm³/mol. The van der Waals surface area contributed by atoms with Gasteiger partial charge < -0.3 is 9.64 Å². The fourth-order valence-electron chi connectivity index (χ4n) is 2.61. The Morgan fingerprint density at radius 3 is 2.69 bits per heavy atom. The summed E-state index contributed by atoms with van der Waals surface area (Å²) in [4.78, 5) is 19.4. The van der Waals surface area contributed by atoms with Gasteiger partial charge in [-0.25, -0.2) is 9.37 Å². The average Bonchev–Trinajstić information content (AvgIpc) is 3.23. The van der Waals surface area contributed by atoms with Crippen molar-refractivity contribution < 1.29 is 13.9 Å². The molecule has 0 aliphatic rings. The lowest BCUT2D eigenvalue weighted by Gasteiger charge is -2.26. The summed E-state index contributed by atoms with van der Waals surface area (Å²) in [6, 6.07) is 4.34. The fraction of sp³-hybridized carbons (Fsp3) is 0.278. The second-order valence-electron chi connectivity index (χ2n) is 6.02. The molecule has 0 aliphatic carbocycles. The molecular weight excluding hydrogens is 355 g/mol. The third-order valence-electron chi connectivity index (χ3n) is 3.82. The zero-order chi connectivity index (χ0) is 18.8. The van der Waals surface area contributed by atoms with Gasteiger partial charge in [0.2, 0.25) is 0 Å². The van der Waals surface area contributed by atoms with Crippen molar-refractivity contribution in [2.45, 2.75) is 19.9 Å². The zero-order valence-electron chi connectivity index (χ0n) is 14.9. The van der Waals surface area contributed by atoms with Gasteiger partial charge in [-0.05, 0) is 26.0 Å². The number of benzene rings is 1. The summed E-state index contributed by atoms with van der Waals surface area (Å²) in [5.41, 5.74) is 1.32. The molecule has 2 heterocycles. The highest BCUT2D eigenvalue weighted by atomic mass is 32.1. The van der Waals surface area contributed by atoms with Crippen molar-refractivity contribution in [1.82, 2.24) is 14.8 Å². The van der Waals surface area contributed by atoms with E-state index in [0.29, 0.717) is 15.6 Å². The van der Waals surface area contributed by atoms with Crippen molar-refractivity contribution in [2.24, 2.45) is 7.05 Å². The van der Waals surface area contributed by atoms with Crippen LogP contribution in [0.15, 0.2) is 36.8 Å². The van der Waals surface area contributed by atoms with E-state index in [0.717, 1.165) is 5.56 Å². The number of thiazole rings is 1. The molecule has 3 rings (SSSR count). The van der Waals surface area contributed by atoms with E-state index < -0.39 is 5.82 Å². The topological polar surface area (TPSA) is 60.2 Å². The van der Waals surface area contributed by atoms with Crippen LogP contribution < -0.4 is 9.64 Å². The Kier molecular flexibility index (Phi) is 5.03. The number of ether oxygens (including phenoxy) is 1. The molecule has 26 heavy (non-hydrogen) atoms. The van der Waals surface area contributed by atoms with Gasteiger partial charge >= 0.3 is 0 Å². The Morgan fingerprint density at radius 1 is 1.35 bits per heavy atom. The summed E-state index contributed by atoms with van der Waals surface area (Å²) in [5, 5.41) is 4.83. The van der Waals surface area contributed by atoms with E-state index in [1.54, 1.807) is 28.0 Å². The Labute approximate surface area is 154 Å². The monoisotopic (exact) mass is 374 g/mol. The summed E-state index contributed by atoms with van der Waals surface area (Å²) in [6.45, 7) is 3.76. The first-order chi connectivity index (χ1) is 12.4. The Hall–Kier alpha value is -2.74. The molecule has 0 unspecified atom stereocenters. The standard InChI is InChI=1S/C18H19FN4O2S/c1-11(2)23(13-5-6-15(25-4)14(19)7-13)18(24)16-9-20-17(26-16)12-8-21-22(3)10-12/h5-11H,1-4H3. The molecule has 1 amide bonds. The number of anilines is 1. The minimum atomic E-state index is -0.510. The third kappa shape index (κ3) is 3.45. The molecule has 0 N–H and O–H groups in total. The first kappa shape index (κ1) is 18.1. The van der Waals surface area contributed by atoms with E-state index in [-0.39, 0.29) is 17.7 Å². The number of halogens is 1. The van der Waals surface area contributed by atoms with E-state index in [2.05, 4.69) is 10.1 Å². The molecule has 6 nitrogen and oxygen atoms in total. The second-order valence-corrected chi connectivity index (χ2v) is 7.05. The number of hydrogen-bond donors (Lipinski definition) is 0. The molecule has 136 valence electrons. The highest BCUT2D eigenvalue weighted by molar-refractivity contribution is 7.17. The molecule has 0 saturated carbocycles. The second kappa shape index (κ2) is 7.25. The molecule has 0 atom stereocenters. The van der Waals surface area contributed by atoms with Crippen LogP contribution in [0.5, 0.6) is 5.75 Å². The molecule has 1 aromatic carbocycles. The SMILES string of the molecule is COc1ccc(N(C(=O)c2cnc(-c3cnn(C)c3)s2)C(C)C)cc1F. The van der Waals surface area contributed by atoms with Crippen LogP contribution in [-0.4, -0.2) is 33.8 Å². The van der Waals surface area contributed by atoms with Crippen LogP contribution in [0.4, 0.5) is 10.1 Å². The number of rotatable bonds is 5. The first-order valence-corrected chi connectivity index (χ1v) is 8.84. The fourth-order valence-corrected chi connectivity index (χ4v) is 3.44. The number of amides is 1. The lowest BCUT2D eigenvalue weighted by Crippen LogP contribution is -2.36. The van der Waals surface area contributed by atoms with Crippen LogP contribution in [0.2, 0.25) is 0 Å². The lowest BCUT2D eigenvalue weighted by molar-refractivity contribution is 0.0984. The lowest BCUT2D eigenvalue weighted by atomic mass is 10.2. The predicted octanol–water partition coefficient (Wildman–Crippen LogP) is 3.75. The van der Waals surface area contributed by atoms with Crippen molar-refractivity contribution in [3.63, 3.8) is 0 Å². The Morgan fingerprint density at radius 2 is 2.12 bits per heavy atom. The van der Waals surface area contributed by atoms with E-state index in [1.165, 1.54) is 30.6 Å². The normalized spacial score (nSPS) is 11.0. The van der Waals surface area contributed by atoms with Crippen molar-refractivity contribution in [1.29, 1.82) is 0 Å². The summed E-state index contributed by atoms with van der Waals surface area (Å²) in [6.07, 6.45) is 5.09. The average molecular weight is 374 g/mol. The molecule has 0 aliphatic heterocycles. The van der Waals surface area contributed by atoms with E-state index in [9.17, 15) is 9.18 Å². The van der Waals surface area contributed by atoms with Crippen LogP contribution in [0, 0.1) is 5.82 Å². The minimum absolute atomic E-state index is 0.140. The van der Waals surface area contributed by atoms with E-state index in [4.69, 9.17) is 4.74 Å². The van der Waals surface area contributed by atoms with E-state index in [1.807, 2.05) is 27.1 Å². The Bertz CT molecular complexity index is 935. The summed E-state index contributed by atoms with van der Waals surface area (Å²) in [5.74, 6) is -0.595. The van der Waals surface area contributed by atoms with Gasteiger partial charge in [-0.1, -0.05) is 0 Å². The number of aromatic nitrogens is 3. The maximum Gasteiger partial charge on any atom is 0.270 e. The highest BCUT2D eigenvalue weighted by Gasteiger charge is 2.24. The number of hydrogen-bond acceptors (Lipinski definition) is 5. The third-order valence-corrected chi connectivity index (χ3v) is 4.85. The Balaban J connectivity index is 1.92. The van der Waals surface area contributed by atoms with Gasteiger partial charge in [-0.3, -0.25) is 9.48 Å². The van der Waals surface area contributed by atoms with Crippen LogP contribution >= 0.6 is 11.3 Å². The number of carbonyl (C=O) groups excluding carboxylic acids is 1. The maximum absolute atomic E-state index is 14.1. The van der Waals surface area contributed by atoms with Gasteiger partial charge in [0.15, 0.2) is 11.6 Å². The largest absolute Gasteiger partial charge is 0.494 e. The number of methoxy groups -OCH3 is 1. The zero-order valence-corrected chi connectivity index (χ0v) is 15.7. The molecule has 0 spiro atoms. The molecule has 0 fully saturated rings. The highest BCUT2D eigenvalue weighted by Crippen LogP contribution is 2.29. The van der Waals surface area contributed by atoms with Gasteiger partial charge in [-0.15, -0.1) is 11.3 Å². The van der Waals surface area contributed by atoms with Crippen molar-refractivity contribution in [2.75, 3.05) is 12.0 Å². The smallest absolute Gasteiger partial charge is 0.270 e. The van der Waals surface area contributed by atoms with Crippen molar-refractivity contribution >= 4 is 22.9 Å². The molecule has 0 bridgehead atoms. The molecule has 2 aromatic heterocycles. The van der Waals surface area contributed by atoms with Crippen molar-refractivity contribution in [3.8, 4) is 16.3 Å². The molecular formula is C18H19FN4O2S. The van der Waals surface area contributed by atoms with E-state index >= 15 is 0 Å². The van der Waals surface area contributed by atoms with Crippen LogP contribution in [0.25, 0.3) is 10.6 Å². The number of nitrogens with zero attached hydrogens (tertiary/aromatic N) is 4. The van der Waals surface area contributed by atoms with Crippen LogP contribution in [0.1, 0.15) is 23.5 Å². The van der Waals surface area contributed by atoms with Crippen molar-refractivity contribution in [3.05, 3.63) is 47.5 Å². The van der Waals surface area contributed by atoms with Gasteiger partial charge in [0.1, 0.15) is 9.88 Å². The van der Waals surface area contributed by atoms with Gasteiger partial charge in [0.25, 0.3) is 5.91 Å². The maximum atomic E-state index is 14.1. The van der Waals surface area contributed by atoms with Gasteiger partial charge in [0.05, 0.1) is 19.5 Å². The molecule has 0 saturated heterocycles. The summed E-state index contributed by atoms with van der Waals surface area (Å²) in [7, 11) is 3.22. The molecule has 0 radical (unpaired) electrons. The van der Waals surface area contributed by atoms with Gasteiger partial charge in [0, 0.05) is 36.6 Å². The van der Waals surface area contributed by atoms with Crippen LogP contribution in [0.3, 0.4) is 0 Å². The van der Waals surface area contributed by atoms with Crippen LogP contribution in [-0.2, 0) is 7.05 Å². The van der Waals surface area contributed by atoms with Gasteiger partial charge in [-0.2, -0.15) is 5.10 Å². The first-order valence-electron chi connectivity index (χ1n) is 8.02. The number of aryl methyl sites for hydroxylation is 1. The summed E-state index contributed by atoms with van der Waals surface area (Å²) >= 11 is 1.29. The molecule has 8 heteroatoms. The molecule has 3 aromatic rings. The number of carbonyl (C=O) groups is 1. The quantitative estimate of drug-likeness (QED) is 0.682. The minimum Gasteiger partial charge on any atom is -0.494 e. The summed E-state index contributed by atoms with van der Waals surface area (Å²) < 4.78 is 20.7.